The minimum absolute atomic E-state index is 0.0678. The van der Waals surface area contributed by atoms with E-state index in [0.717, 1.165) is 5.56 Å². The number of hydrogen-bond donors (Lipinski definition) is 2. The van der Waals surface area contributed by atoms with Gasteiger partial charge in [-0.25, -0.2) is 4.79 Å². The Bertz CT molecular complexity index is 1980. The Morgan fingerprint density at radius 2 is 1.57 bits per heavy atom. The van der Waals surface area contributed by atoms with Crippen LogP contribution >= 0.6 is 0 Å². The van der Waals surface area contributed by atoms with Crippen LogP contribution in [0.4, 0.5) is 4.79 Å². The third kappa shape index (κ3) is 15.3. The molecule has 18 atom stereocenters. The fourth-order valence-corrected chi connectivity index (χ4v) is 10.3. The molecule has 1 aromatic rings. The van der Waals surface area contributed by atoms with Crippen LogP contribution in [0, 0.1) is 11.8 Å². The number of amides is 1. The Morgan fingerprint density at radius 1 is 0.889 bits per heavy atom. The number of esters is 4. The van der Waals surface area contributed by atoms with E-state index in [0.29, 0.717) is 19.3 Å². The summed E-state index contributed by atoms with van der Waals surface area (Å²) in [6.45, 7) is 13.2. The number of likely N-dealkylation sites (N-methyl/N-ethyl adjacent to an activating group) is 1. The number of nitrogens with zero attached hydrogens (tertiary/aromatic N) is 2. The van der Waals surface area contributed by atoms with Crippen molar-refractivity contribution in [3.8, 4) is 0 Å². The van der Waals surface area contributed by atoms with Crippen molar-refractivity contribution in [3.05, 3.63) is 48.0 Å². The molecule has 0 radical (unpaired) electrons. The Hall–Kier alpha value is -4.54. The summed E-state index contributed by atoms with van der Waals surface area (Å²) in [4.78, 5) is 81.8. The molecule has 4 aliphatic rings. The lowest BCUT2D eigenvalue weighted by Crippen LogP contribution is -2.66. The number of ether oxygens (including phenoxy) is 10. The molecule has 0 aromatic heterocycles. The zero-order valence-corrected chi connectivity index (χ0v) is 43.6. The normalized spacial score (nSPS) is 37.4. The van der Waals surface area contributed by atoms with Crippen LogP contribution in [0.25, 0.3) is 0 Å². The number of aliphatic hydroxyl groups excluding tert-OH is 1. The van der Waals surface area contributed by atoms with Gasteiger partial charge in [-0.3, -0.25) is 24.1 Å². The molecule has 2 N–H and O–H groups in total. The van der Waals surface area contributed by atoms with Gasteiger partial charge in [0.05, 0.1) is 36.8 Å². The number of rotatable bonds is 16. The summed E-state index contributed by atoms with van der Waals surface area (Å²) < 4.78 is 61.3. The van der Waals surface area contributed by atoms with Gasteiger partial charge in [0.15, 0.2) is 18.7 Å². The van der Waals surface area contributed by atoms with Gasteiger partial charge in [0.25, 0.3) is 0 Å². The van der Waals surface area contributed by atoms with E-state index in [1.165, 1.54) is 21.0 Å². The fraction of sp³-hybridized carbons (Fsp3) is 0.731. The van der Waals surface area contributed by atoms with Gasteiger partial charge in [0.2, 0.25) is 0 Å². The molecule has 1 aromatic carbocycles. The highest BCUT2D eigenvalue weighted by molar-refractivity contribution is 5.73. The summed E-state index contributed by atoms with van der Waals surface area (Å²) >= 11 is 0. The molecule has 0 saturated carbocycles. The molecule has 3 fully saturated rings. The SMILES string of the molecule is CCC(=O)O[C@@H]1CC(=O)O[C@H](C)C[C@@H]2OC(=O)N(CCc3ccccc3)[C@@H]2/C=C/[C@H](OC(C)=O)[C@H](C)C[C@H](CC=O)[C@H](O[C@@H]2O[C@H](C)[C@@H](O[C@H]3C[C@@](C)(O)[C@@H](OC(=O)CC)[C@H](C)O3)[C@H](N(C)C)[C@H]2O)[C@H]1OC. The maximum Gasteiger partial charge on any atom is 0.410 e. The molecule has 0 spiro atoms. The van der Waals surface area contributed by atoms with Gasteiger partial charge in [-0.15, -0.1) is 0 Å². The lowest BCUT2D eigenvalue weighted by atomic mass is 9.82. The van der Waals surface area contributed by atoms with Crippen molar-refractivity contribution in [2.45, 2.75) is 204 Å². The summed E-state index contributed by atoms with van der Waals surface area (Å²) in [6.07, 6.45) is -10.2. The minimum Gasteiger partial charge on any atom is -0.462 e. The molecule has 0 aliphatic carbocycles. The second-order valence-electron chi connectivity index (χ2n) is 20.0. The number of hydrogen-bond acceptors (Lipinski definition) is 19. The molecular weight excluding hydrogens is 941 g/mol. The molecule has 0 unspecified atom stereocenters. The predicted molar refractivity (Wildman–Crippen MR) is 257 cm³/mol. The quantitative estimate of drug-likeness (QED) is 0.102. The Balaban J connectivity index is 1.52. The average molecular weight is 1020 g/mol. The summed E-state index contributed by atoms with van der Waals surface area (Å²) in [7, 11) is 4.80. The van der Waals surface area contributed by atoms with E-state index in [9.17, 15) is 39.0 Å². The zero-order valence-electron chi connectivity index (χ0n) is 43.6. The molecule has 20 heteroatoms. The number of aldehydes is 1. The van der Waals surface area contributed by atoms with Crippen LogP contribution in [-0.4, -0.2) is 181 Å². The van der Waals surface area contributed by atoms with E-state index in [2.05, 4.69) is 0 Å². The van der Waals surface area contributed by atoms with Crippen LogP contribution in [0.2, 0.25) is 0 Å². The molecule has 3 saturated heterocycles. The number of cyclic esters (lactones) is 1. The lowest BCUT2D eigenvalue weighted by molar-refractivity contribution is -0.344. The Morgan fingerprint density at radius 3 is 2.18 bits per heavy atom. The first-order valence-electron chi connectivity index (χ1n) is 25.2. The number of benzene rings is 1. The van der Waals surface area contributed by atoms with Crippen molar-refractivity contribution >= 4 is 36.3 Å². The van der Waals surface area contributed by atoms with Crippen molar-refractivity contribution in [3.63, 3.8) is 0 Å². The van der Waals surface area contributed by atoms with Gasteiger partial charge in [0.1, 0.15) is 54.6 Å². The van der Waals surface area contributed by atoms with E-state index in [1.54, 1.807) is 70.7 Å². The second-order valence-corrected chi connectivity index (χ2v) is 20.0. The van der Waals surface area contributed by atoms with Gasteiger partial charge >= 0.3 is 30.0 Å². The van der Waals surface area contributed by atoms with Gasteiger partial charge in [-0.05, 0) is 78.1 Å². The second kappa shape index (κ2) is 26.6. The van der Waals surface area contributed by atoms with Crippen LogP contribution < -0.4 is 0 Å². The first-order valence-corrected chi connectivity index (χ1v) is 25.2. The van der Waals surface area contributed by atoms with Crippen molar-refractivity contribution in [1.82, 2.24) is 9.80 Å². The molecular formula is C52H78N2O18. The third-order valence-electron chi connectivity index (χ3n) is 13.9. The van der Waals surface area contributed by atoms with Crippen molar-refractivity contribution < 1.29 is 86.3 Å². The predicted octanol–water partition coefficient (Wildman–Crippen LogP) is 4.21. The number of aliphatic hydroxyl groups is 2. The summed E-state index contributed by atoms with van der Waals surface area (Å²) in [5, 5.41) is 23.8. The average Bonchev–Trinajstić information content (AvgIpc) is 3.60. The number of fused-ring (bicyclic) bond motifs is 1. The molecule has 4 aliphatic heterocycles. The van der Waals surface area contributed by atoms with Crippen LogP contribution in [0.1, 0.15) is 106 Å². The number of methoxy groups -OCH3 is 1. The topological polar surface area (TPSA) is 242 Å². The van der Waals surface area contributed by atoms with Gasteiger partial charge in [-0.1, -0.05) is 57.2 Å². The third-order valence-corrected chi connectivity index (χ3v) is 13.9. The molecule has 72 heavy (non-hydrogen) atoms. The molecule has 1 amide bonds. The fourth-order valence-electron chi connectivity index (χ4n) is 10.3. The zero-order chi connectivity index (χ0) is 53.0. The largest absolute Gasteiger partial charge is 0.462 e. The Kier molecular flexibility index (Phi) is 21.6. The van der Waals surface area contributed by atoms with Crippen molar-refractivity contribution in [2.75, 3.05) is 27.7 Å². The molecule has 404 valence electrons. The number of carbonyl (C=O) groups excluding carboxylic acids is 6. The summed E-state index contributed by atoms with van der Waals surface area (Å²) in [5.41, 5.74) is -0.530. The van der Waals surface area contributed by atoms with Crippen LogP contribution in [0.15, 0.2) is 42.5 Å². The lowest BCUT2D eigenvalue weighted by Gasteiger charge is -2.50. The highest BCUT2D eigenvalue weighted by atomic mass is 16.7. The van der Waals surface area contributed by atoms with E-state index in [4.69, 9.17) is 47.4 Å². The maximum atomic E-state index is 14.0. The molecule has 5 rings (SSSR count). The first kappa shape index (κ1) is 58.4. The molecule has 4 heterocycles. The highest BCUT2D eigenvalue weighted by Crippen LogP contribution is 2.38. The summed E-state index contributed by atoms with van der Waals surface area (Å²) in [6, 6.07) is 8.13. The van der Waals surface area contributed by atoms with E-state index < -0.39 is 146 Å². The highest BCUT2D eigenvalue weighted by Gasteiger charge is 2.53. The Labute approximate surface area is 423 Å². The smallest absolute Gasteiger partial charge is 0.410 e. The van der Waals surface area contributed by atoms with Crippen molar-refractivity contribution in [1.29, 1.82) is 0 Å². The molecule has 20 nitrogen and oxygen atoms in total. The standard InChI is InChI=1S/C52H78N2O18/c1-12-40(57)68-39-27-42(59)64-30(4)26-38-36(54(51(61)69-38)23-21-34-17-15-14-16-18-34)19-20-37(67-33(7)56)29(3)25-35(22-24-55)47(48(39)63-11)72-50-45(60)44(53(9)10)46(31(5)66-50)71-43-28-52(8,62)49(32(6)65-43)70-41(58)13-2/h14-20,24,29-32,35-39,43-50,60,62H,12-13,21-23,25-28H2,1-11H3/b20-19+/t29-,30-,31-,32+,35+,36-,37+,38+,39-,43+,44-,45-,46-,47+,48+,49+,50+,52-/m1/s1. The first-order chi connectivity index (χ1) is 34.1. The van der Waals surface area contributed by atoms with E-state index in [-0.39, 0.29) is 38.5 Å². The monoisotopic (exact) mass is 1020 g/mol. The van der Waals surface area contributed by atoms with Crippen LogP contribution in [-0.2, 0) is 77.8 Å². The van der Waals surface area contributed by atoms with E-state index >= 15 is 0 Å². The van der Waals surface area contributed by atoms with Crippen LogP contribution in [0.5, 0.6) is 0 Å². The van der Waals surface area contributed by atoms with Crippen LogP contribution in [0.3, 0.4) is 0 Å². The molecule has 0 bridgehead atoms. The van der Waals surface area contributed by atoms with E-state index in [1.807, 2.05) is 37.3 Å². The van der Waals surface area contributed by atoms with Gasteiger partial charge in [0, 0.05) is 52.7 Å². The van der Waals surface area contributed by atoms with Gasteiger partial charge in [-0.2, -0.15) is 0 Å². The summed E-state index contributed by atoms with van der Waals surface area (Å²) in [5.74, 6) is -3.90. The maximum absolute atomic E-state index is 14.0. The van der Waals surface area contributed by atoms with Crippen molar-refractivity contribution in [2.24, 2.45) is 11.8 Å². The minimum atomic E-state index is -1.53. The number of carbonyl (C=O) groups is 6. The van der Waals surface area contributed by atoms with Gasteiger partial charge < -0.3 is 67.3 Å².